The van der Waals surface area contributed by atoms with Crippen LogP contribution in [-0.4, -0.2) is 44.1 Å². The molecule has 0 aliphatic rings. The summed E-state index contributed by atoms with van der Waals surface area (Å²) in [5.41, 5.74) is 0. The van der Waals surface area contributed by atoms with Gasteiger partial charge in [0.25, 0.3) is 0 Å². The van der Waals surface area contributed by atoms with Gasteiger partial charge in [0.2, 0.25) is 0 Å². The van der Waals surface area contributed by atoms with Crippen LogP contribution in [0.1, 0.15) is 6.42 Å². The second-order valence-corrected chi connectivity index (χ2v) is 2.70. The predicted molar refractivity (Wildman–Crippen MR) is 42.1 cm³/mol. The summed E-state index contributed by atoms with van der Waals surface area (Å²) >= 11 is 0. The Balaban J connectivity index is 0. The normalized spacial score (nSPS) is 11.4. The maximum absolute atomic E-state index is 8.39. The van der Waals surface area contributed by atoms with E-state index in [1.165, 1.54) is 4.90 Å². The van der Waals surface area contributed by atoms with Crippen LogP contribution < -0.4 is 4.90 Å². The Kier molecular flexibility index (Phi) is 11.1. The highest BCUT2D eigenvalue weighted by molar-refractivity contribution is 4.73. The molecule has 4 nitrogen and oxygen atoms in total. The van der Waals surface area contributed by atoms with Gasteiger partial charge in [0, 0.05) is 0 Å². The third kappa shape index (κ3) is 26.7. The molecular formula is C7H17N2O2+. The molecule has 0 heterocycles. The van der Waals surface area contributed by atoms with Crippen molar-refractivity contribution in [2.45, 2.75) is 12.5 Å². The van der Waals surface area contributed by atoms with Crippen molar-refractivity contribution in [2.75, 3.05) is 27.7 Å². The second kappa shape index (κ2) is 9.37. The summed E-state index contributed by atoms with van der Waals surface area (Å²) in [5.74, 6) is 0. The molecule has 3 N–H and O–H groups in total. The lowest BCUT2D eigenvalue weighted by atomic mass is 10.3. The Morgan fingerprint density at radius 2 is 1.82 bits per heavy atom. The van der Waals surface area contributed by atoms with Gasteiger partial charge in [-0.25, -0.2) is 0 Å². The van der Waals surface area contributed by atoms with Gasteiger partial charge in [-0.15, -0.1) is 0 Å². The fraction of sp³-hybridized carbons (Fsp3) is 0.857. The number of hydrogen-bond donors (Lipinski definition) is 3. The number of nitriles is 1. The topological polar surface area (TPSA) is 68.7 Å². The van der Waals surface area contributed by atoms with Crippen molar-refractivity contribution < 1.29 is 15.1 Å². The first-order chi connectivity index (χ1) is 5.04. The molecular weight excluding hydrogens is 144 g/mol. The molecule has 11 heavy (non-hydrogen) atoms. The van der Waals surface area contributed by atoms with E-state index in [0.29, 0.717) is 0 Å². The number of aliphatic hydroxyl groups is 2. The largest absolute Gasteiger partial charge is 0.394 e. The van der Waals surface area contributed by atoms with Crippen LogP contribution in [0, 0.1) is 11.3 Å². The van der Waals surface area contributed by atoms with Crippen molar-refractivity contribution in [3.63, 3.8) is 0 Å². The number of aliphatic hydroxyl groups excluding tert-OH is 2. The predicted octanol–water partition coefficient (Wildman–Crippen LogP) is -1.99. The van der Waals surface area contributed by atoms with Crippen molar-refractivity contribution in [3.05, 3.63) is 0 Å². The summed E-state index contributed by atoms with van der Waals surface area (Å²) in [7, 11) is 6.25. The first-order valence-corrected chi connectivity index (χ1v) is 3.47. The van der Waals surface area contributed by atoms with Gasteiger partial charge in [0.1, 0.15) is 0 Å². The average Bonchev–Trinajstić information content (AvgIpc) is 1.87. The van der Waals surface area contributed by atoms with Gasteiger partial charge in [-0.1, -0.05) is 0 Å². The van der Waals surface area contributed by atoms with Gasteiger partial charge in [0.05, 0.1) is 46.3 Å². The van der Waals surface area contributed by atoms with E-state index in [1.807, 2.05) is 0 Å². The standard InChI is InChI=1S/C4H7NO2.C3H9N/c5-2-1-4(7)3-6;1-4(2)3/h4,6-7H,1,3H2;1-3H3/p+1. The van der Waals surface area contributed by atoms with Crippen molar-refractivity contribution in [1.29, 1.82) is 5.26 Å². The Hall–Kier alpha value is -0.630. The fourth-order valence-electron chi connectivity index (χ4n) is 0.170. The van der Waals surface area contributed by atoms with Crippen LogP contribution in [0.4, 0.5) is 0 Å². The number of rotatable bonds is 2. The molecule has 0 spiro atoms. The van der Waals surface area contributed by atoms with Crippen molar-refractivity contribution in [1.82, 2.24) is 0 Å². The summed E-state index contributed by atoms with van der Waals surface area (Å²) in [5, 5.41) is 24.3. The van der Waals surface area contributed by atoms with Crippen molar-refractivity contribution in [2.24, 2.45) is 0 Å². The lowest BCUT2D eigenvalue weighted by Crippen LogP contribution is -3.02. The van der Waals surface area contributed by atoms with E-state index >= 15 is 0 Å². The number of nitrogens with one attached hydrogen (secondary N) is 1. The van der Waals surface area contributed by atoms with E-state index < -0.39 is 6.10 Å². The lowest BCUT2D eigenvalue weighted by molar-refractivity contribution is -0.836. The van der Waals surface area contributed by atoms with Gasteiger partial charge in [0.15, 0.2) is 0 Å². The van der Waals surface area contributed by atoms with Crippen LogP contribution >= 0.6 is 0 Å². The molecule has 4 heteroatoms. The summed E-state index contributed by atoms with van der Waals surface area (Å²) < 4.78 is 0. The van der Waals surface area contributed by atoms with Crippen LogP contribution in [0.2, 0.25) is 0 Å². The van der Waals surface area contributed by atoms with Crippen LogP contribution in [0.25, 0.3) is 0 Å². The minimum atomic E-state index is -0.856. The minimum absolute atomic E-state index is 0.0104. The molecule has 0 aliphatic carbocycles. The molecule has 0 rings (SSSR count). The van der Waals surface area contributed by atoms with E-state index in [-0.39, 0.29) is 13.0 Å². The third-order valence-electron chi connectivity index (χ3n) is 0.538. The molecule has 1 atom stereocenters. The maximum Gasteiger partial charge on any atom is 0.0900 e. The van der Waals surface area contributed by atoms with Crippen molar-refractivity contribution >= 4 is 0 Å². The lowest BCUT2D eigenvalue weighted by Gasteiger charge is -1.95. The molecule has 0 bridgehead atoms. The van der Waals surface area contributed by atoms with Gasteiger partial charge < -0.3 is 15.1 Å². The Bertz CT molecular complexity index is 107. The highest BCUT2D eigenvalue weighted by Crippen LogP contribution is 1.83. The van der Waals surface area contributed by atoms with E-state index in [0.717, 1.165) is 0 Å². The van der Waals surface area contributed by atoms with Crippen LogP contribution in [0.3, 0.4) is 0 Å². The van der Waals surface area contributed by atoms with Gasteiger partial charge in [-0.3, -0.25) is 0 Å². The smallest absolute Gasteiger partial charge is 0.0900 e. The first kappa shape index (κ1) is 13.0. The maximum atomic E-state index is 8.39. The molecule has 0 aromatic rings. The van der Waals surface area contributed by atoms with E-state index in [9.17, 15) is 0 Å². The number of hydrogen-bond acceptors (Lipinski definition) is 3. The van der Waals surface area contributed by atoms with Crippen molar-refractivity contribution in [3.8, 4) is 6.07 Å². The van der Waals surface area contributed by atoms with E-state index in [2.05, 4.69) is 21.1 Å². The first-order valence-electron chi connectivity index (χ1n) is 3.47. The third-order valence-corrected chi connectivity index (χ3v) is 0.538. The molecule has 0 saturated heterocycles. The zero-order valence-electron chi connectivity index (χ0n) is 7.33. The fourth-order valence-corrected chi connectivity index (χ4v) is 0.170. The van der Waals surface area contributed by atoms with Crippen LogP contribution in [0.5, 0.6) is 0 Å². The molecule has 0 radical (unpaired) electrons. The summed E-state index contributed by atoms with van der Waals surface area (Å²) in [4.78, 5) is 1.42. The summed E-state index contributed by atoms with van der Waals surface area (Å²) in [6.07, 6.45) is -0.846. The number of nitrogens with zero attached hydrogens (tertiary/aromatic N) is 1. The highest BCUT2D eigenvalue weighted by Gasteiger charge is 1.96. The second-order valence-electron chi connectivity index (χ2n) is 2.70. The quantitative estimate of drug-likeness (QED) is 0.439. The zero-order valence-corrected chi connectivity index (χ0v) is 7.33. The molecule has 0 saturated carbocycles. The molecule has 0 aliphatic heterocycles. The van der Waals surface area contributed by atoms with Gasteiger partial charge in [-0.05, 0) is 0 Å². The Morgan fingerprint density at radius 3 is 1.91 bits per heavy atom. The molecule has 0 fully saturated rings. The monoisotopic (exact) mass is 161 g/mol. The zero-order chi connectivity index (χ0) is 9.28. The molecule has 1 unspecified atom stereocenters. The SMILES string of the molecule is C[NH+](C)C.N#CCC(O)CO. The average molecular weight is 161 g/mol. The molecule has 0 aromatic heterocycles. The van der Waals surface area contributed by atoms with Gasteiger partial charge >= 0.3 is 0 Å². The number of quaternary nitrogens is 1. The van der Waals surface area contributed by atoms with Crippen LogP contribution in [0.15, 0.2) is 0 Å². The molecule has 0 amide bonds. The molecule has 0 aromatic carbocycles. The van der Waals surface area contributed by atoms with E-state index in [4.69, 9.17) is 15.5 Å². The van der Waals surface area contributed by atoms with E-state index in [1.54, 1.807) is 6.07 Å². The summed E-state index contributed by atoms with van der Waals surface area (Å²) in [6.45, 7) is -0.326. The highest BCUT2D eigenvalue weighted by atomic mass is 16.3. The van der Waals surface area contributed by atoms with Crippen LogP contribution in [-0.2, 0) is 0 Å². The Labute approximate surface area is 67.7 Å². The summed E-state index contributed by atoms with van der Waals surface area (Å²) in [6, 6.07) is 1.71. The Morgan fingerprint density at radius 1 is 1.45 bits per heavy atom. The van der Waals surface area contributed by atoms with Gasteiger partial charge in [-0.2, -0.15) is 5.26 Å². The minimum Gasteiger partial charge on any atom is -0.394 e. The molecule has 66 valence electrons.